The molecule has 2 aromatic rings. The maximum atomic E-state index is 13.9. The van der Waals surface area contributed by atoms with Crippen molar-refractivity contribution in [2.45, 2.75) is 44.6 Å². The highest BCUT2D eigenvalue weighted by Gasteiger charge is 2.41. The Morgan fingerprint density at radius 3 is 2.23 bits per heavy atom. The number of aliphatic hydroxyl groups excluding tert-OH is 1. The van der Waals surface area contributed by atoms with E-state index in [4.69, 9.17) is 0 Å². The van der Waals surface area contributed by atoms with Crippen molar-refractivity contribution in [2.24, 2.45) is 0 Å². The summed E-state index contributed by atoms with van der Waals surface area (Å²) >= 11 is 0. The molecule has 0 saturated heterocycles. The first-order valence-electron chi connectivity index (χ1n) is 8.19. The Labute approximate surface area is 155 Å². The van der Waals surface area contributed by atoms with E-state index in [1.54, 1.807) is 30.4 Å². The molecule has 7 heteroatoms. The van der Waals surface area contributed by atoms with Crippen LogP contribution in [0.3, 0.4) is 0 Å². The molecule has 4 nitrogen and oxygen atoms in total. The molecule has 1 aromatic carbocycles. The van der Waals surface area contributed by atoms with E-state index in [1.807, 2.05) is 20.8 Å². The lowest BCUT2D eigenvalue weighted by Crippen LogP contribution is -2.48. The molecule has 1 heterocycles. The number of pyridine rings is 1. The van der Waals surface area contributed by atoms with Gasteiger partial charge in [-0.25, -0.2) is 17.3 Å². The SMILES string of the molecule is CN([S@@](=O)C(C)(C)C)[C@](C)(c1ccc(F)c(F)c1)c1ccc(CO)cn1. The van der Waals surface area contributed by atoms with Crippen molar-refractivity contribution >= 4 is 11.0 Å². The largest absolute Gasteiger partial charge is 0.392 e. The summed E-state index contributed by atoms with van der Waals surface area (Å²) < 4.78 is 41.5. The monoisotopic (exact) mass is 382 g/mol. The molecule has 26 heavy (non-hydrogen) atoms. The standard InChI is InChI=1S/C19H24F2N2O2S/c1-18(2,3)26(25)23(5)19(4,14-7-8-15(20)16(21)10-14)17-9-6-13(12-24)11-22-17/h6-11,24H,12H2,1-5H3/t19-,26+/m1/s1. The molecule has 0 saturated carbocycles. The second kappa shape index (κ2) is 7.50. The van der Waals surface area contributed by atoms with Crippen molar-refractivity contribution in [3.8, 4) is 0 Å². The lowest BCUT2D eigenvalue weighted by molar-refractivity contribution is 0.279. The van der Waals surface area contributed by atoms with E-state index >= 15 is 0 Å². The highest BCUT2D eigenvalue weighted by molar-refractivity contribution is 7.84. The lowest BCUT2D eigenvalue weighted by atomic mass is 9.88. The highest BCUT2D eigenvalue weighted by Crippen LogP contribution is 2.37. The molecular formula is C19H24F2N2O2S. The molecule has 0 aliphatic heterocycles. The third-order valence-electron chi connectivity index (χ3n) is 4.39. The molecule has 0 bridgehead atoms. The summed E-state index contributed by atoms with van der Waals surface area (Å²) in [6, 6.07) is 7.03. The fraction of sp³-hybridized carbons (Fsp3) is 0.421. The second-order valence-electron chi connectivity index (χ2n) is 7.27. The molecule has 0 aliphatic rings. The molecule has 1 N–H and O–H groups in total. The van der Waals surface area contributed by atoms with Gasteiger partial charge in [-0.15, -0.1) is 0 Å². The number of hydrogen-bond acceptors (Lipinski definition) is 3. The average molecular weight is 382 g/mol. The minimum atomic E-state index is -1.44. The third kappa shape index (κ3) is 3.84. The molecule has 0 spiro atoms. The van der Waals surface area contributed by atoms with Crippen molar-refractivity contribution in [1.29, 1.82) is 0 Å². The van der Waals surface area contributed by atoms with E-state index in [-0.39, 0.29) is 6.61 Å². The number of halogens is 2. The fourth-order valence-corrected chi connectivity index (χ4v) is 4.02. The molecule has 142 valence electrons. The van der Waals surface area contributed by atoms with Crippen LogP contribution in [0.1, 0.15) is 44.5 Å². The summed E-state index contributed by atoms with van der Waals surface area (Å²) in [4.78, 5) is 4.38. The first kappa shape index (κ1) is 20.6. The van der Waals surface area contributed by atoms with Crippen LogP contribution in [0.25, 0.3) is 0 Å². The van der Waals surface area contributed by atoms with Crippen LogP contribution in [0, 0.1) is 11.6 Å². The zero-order valence-electron chi connectivity index (χ0n) is 15.6. The van der Waals surface area contributed by atoms with E-state index in [0.717, 1.165) is 12.1 Å². The van der Waals surface area contributed by atoms with Gasteiger partial charge >= 0.3 is 0 Å². The predicted molar refractivity (Wildman–Crippen MR) is 98.6 cm³/mol. The fourth-order valence-electron chi connectivity index (χ4n) is 2.67. The van der Waals surface area contributed by atoms with Gasteiger partial charge in [0.25, 0.3) is 0 Å². The topological polar surface area (TPSA) is 53.4 Å². The Balaban J connectivity index is 2.67. The number of nitrogens with zero attached hydrogens (tertiary/aromatic N) is 2. The molecule has 0 fully saturated rings. The predicted octanol–water partition coefficient (Wildman–Crippen LogP) is 3.51. The highest BCUT2D eigenvalue weighted by atomic mass is 32.2. The van der Waals surface area contributed by atoms with Gasteiger partial charge in [0.15, 0.2) is 11.6 Å². The van der Waals surface area contributed by atoms with Crippen molar-refractivity contribution in [2.75, 3.05) is 7.05 Å². The van der Waals surface area contributed by atoms with Gasteiger partial charge < -0.3 is 5.11 Å². The normalized spacial score (nSPS) is 15.7. The Morgan fingerprint density at radius 1 is 1.12 bits per heavy atom. The van der Waals surface area contributed by atoms with E-state index in [0.29, 0.717) is 16.8 Å². The van der Waals surface area contributed by atoms with Crippen LogP contribution in [-0.2, 0) is 23.1 Å². The van der Waals surface area contributed by atoms with Crippen LogP contribution in [0.2, 0.25) is 0 Å². The zero-order chi connectivity index (χ0) is 19.7. The lowest BCUT2D eigenvalue weighted by Gasteiger charge is -2.40. The van der Waals surface area contributed by atoms with Gasteiger partial charge in [-0.05, 0) is 57.0 Å². The summed E-state index contributed by atoms with van der Waals surface area (Å²) in [5.41, 5.74) is 0.503. The van der Waals surface area contributed by atoms with Gasteiger partial charge in [0.05, 0.1) is 22.6 Å². The van der Waals surface area contributed by atoms with Crippen molar-refractivity contribution < 1.29 is 18.1 Å². The van der Waals surface area contributed by atoms with Crippen molar-refractivity contribution in [3.05, 3.63) is 65.0 Å². The smallest absolute Gasteiger partial charge is 0.159 e. The van der Waals surface area contributed by atoms with E-state index < -0.39 is 32.9 Å². The molecule has 0 amide bonds. The van der Waals surface area contributed by atoms with Crippen LogP contribution in [0.15, 0.2) is 36.5 Å². The maximum absolute atomic E-state index is 13.9. The minimum absolute atomic E-state index is 0.154. The molecule has 1 aromatic heterocycles. The quantitative estimate of drug-likeness (QED) is 0.861. The number of hydrogen-bond donors (Lipinski definition) is 1. The van der Waals surface area contributed by atoms with E-state index in [9.17, 15) is 18.1 Å². The van der Waals surface area contributed by atoms with Crippen LogP contribution < -0.4 is 0 Å². The average Bonchev–Trinajstić information content (AvgIpc) is 2.61. The Kier molecular flexibility index (Phi) is 5.95. The summed E-state index contributed by atoms with van der Waals surface area (Å²) in [7, 11) is 0.227. The summed E-state index contributed by atoms with van der Waals surface area (Å²) in [5, 5.41) is 9.23. The van der Waals surface area contributed by atoms with Gasteiger partial charge in [0.1, 0.15) is 11.0 Å². The molecule has 2 rings (SSSR count). The van der Waals surface area contributed by atoms with Gasteiger partial charge in [-0.1, -0.05) is 12.1 Å². The molecule has 0 unspecified atom stereocenters. The minimum Gasteiger partial charge on any atom is -0.392 e. The summed E-state index contributed by atoms with van der Waals surface area (Å²) in [6.07, 6.45) is 1.52. The first-order chi connectivity index (χ1) is 12.0. The van der Waals surface area contributed by atoms with Gasteiger partial charge in [0, 0.05) is 13.2 Å². The Hall–Kier alpha value is -1.70. The number of benzene rings is 1. The number of aliphatic hydroxyl groups is 1. The Morgan fingerprint density at radius 2 is 1.77 bits per heavy atom. The second-order valence-corrected chi connectivity index (χ2v) is 9.54. The zero-order valence-corrected chi connectivity index (χ0v) is 16.4. The summed E-state index contributed by atoms with van der Waals surface area (Å²) in [5.74, 6) is -1.92. The first-order valence-corrected chi connectivity index (χ1v) is 9.30. The molecule has 2 atom stereocenters. The molecular weight excluding hydrogens is 358 g/mol. The number of aromatic nitrogens is 1. The number of rotatable bonds is 5. The summed E-state index contributed by atoms with van der Waals surface area (Å²) in [6.45, 7) is 7.14. The van der Waals surface area contributed by atoms with Gasteiger partial charge in [0.2, 0.25) is 0 Å². The Bertz CT molecular complexity index is 806. The van der Waals surface area contributed by atoms with Crippen LogP contribution in [0.4, 0.5) is 8.78 Å². The van der Waals surface area contributed by atoms with Gasteiger partial charge in [-0.2, -0.15) is 0 Å². The van der Waals surface area contributed by atoms with Crippen LogP contribution >= 0.6 is 0 Å². The van der Waals surface area contributed by atoms with Crippen molar-refractivity contribution in [3.63, 3.8) is 0 Å². The van der Waals surface area contributed by atoms with Crippen molar-refractivity contribution in [1.82, 2.24) is 9.29 Å². The maximum Gasteiger partial charge on any atom is 0.159 e. The van der Waals surface area contributed by atoms with Gasteiger partial charge in [-0.3, -0.25) is 4.98 Å². The molecule has 0 aliphatic carbocycles. The van der Waals surface area contributed by atoms with Crippen LogP contribution in [-0.4, -0.2) is 30.4 Å². The molecule has 0 radical (unpaired) electrons. The third-order valence-corrected chi connectivity index (χ3v) is 6.30. The van der Waals surface area contributed by atoms with E-state index in [2.05, 4.69) is 4.98 Å². The van der Waals surface area contributed by atoms with Crippen LogP contribution in [0.5, 0.6) is 0 Å². The van der Waals surface area contributed by atoms with E-state index in [1.165, 1.54) is 12.3 Å².